The fourth-order valence-corrected chi connectivity index (χ4v) is 3.80. The summed E-state index contributed by atoms with van der Waals surface area (Å²) >= 11 is 7.91. The van der Waals surface area contributed by atoms with Crippen LogP contribution in [0.5, 0.6) is 0 Å². The smallest absolute Gasteiger partial charge is 0.267 e. The summed E-state index contributed by atoms with van der Waals surface area (Å²) in [5.41, 5.74) is 2.36. The van der Waals surface area contributed by atoms with Crippen LogP contribution in [-0.2, 0) is 6.54 Å². The summed E-state index contributed by atoms with van der Waals surface area (Å²) in [6, 6.07) is 14.9. The van der Waals surface area contributed by atoms with Crippen molar-refractivity contribution in [3.8, 4) is 10.6 Å². The van der Waals surface area contributed by atoms with Crippen LogP contribution in [0.2, 0.25) is 5.02 Å². The Kier molecular flexibility index (Phi) is 4.11. The zero-order valence-corrected chi connectivity index (χ0v) is 15.0. The Balaban J connectivity index is 1.79. The third-order valence-electron chi connectivity index (χ3n) is 3.98. The van der Waals surface area contributed by atoms with Gasteiger partial charge in [0.15, 0.2) is 0 Å². The molecule has 0 saturated heterocycles. The Morgan fingerprint density at radius 2 is 2.00 bits per heavy atom. The lowest BCUT2D eigenvalue weighted by Crippen LogP contribution is -2.23. The molecule has 0 radical (unpaired) electrons. The second-order valence-corrected chi connectivity index (χ2v) is 7.43. The fraction of sp³-hybridized carbons (Fsp3) is 0.105. The van der Waals surface area contributed by atoms with Crippen LogP contribution in [0.1, 0.15) is 10.4 Å². The van der Waals surface area contributed by atoms with E-state index >= 15 is 0 Å². The number of hydrogen-bond acceptors (Lipinski definition) is 4. The van der Waals surface area contributed by atoms with E-state index in [1.165, 1.54) is 9.56 Å². The lowest BCUT2D eigenvalue weighted by Gasteiger charge is -2.09. The maximum Gasteiger partial charge on any atom is 0.267 e. The molecule has 0 bridgehead atoms. The summed E-state index contributed by atoms with van der Waals surface area (Å²) in [5, 5.41) is 6.06. The molecule has 0 fully saturated rings. The second kappa shape index (κ2) is 6.43. The minimum absolute atomic E-state index is 0.143. The Bertz CT molecular complexity index is 1130. The van der Waals surface area contributed by atoms with Crippen LogP contribution >= 0.6 is 22.9 Å². The third kappa shape index (κ3) is 3.08. The van der Waals surface area contributed by atoms with Gasteiger partial charge in [0.2, 0.25) is 0 Å². The molecule has 1 aromatic carbocycles. The van der Waals surface area contributed by atoms with Gasteiger partial charge in [-0.05, 0) is 43.3 Å². The minimum Gasteiger partial charge on any atom is -0.268 e. The summed E-state index contributed by atoms with van der Waals surface area (Å²) in [4.78, 5) is 19.0. The van der Waals surface area contributed by atoms with Crippen molar-refractivity contribution < 1.29 is 0 Å². The van der Waals surface area contributed by atoms with Crippen LogP contribution in [0.15, 0.2) is 59.5 Å². The summed E-state index contributed by atoms with van der Waals surface area (Å²) in [6.07, 6.45) is 1.73. The zero-order chi connectivity index (χ0) is 17.4. The maximum atomic E-state index is 12.3. The SMILES string of the molecule is Cc1ccc(-c2ccc(=O)n(Cc3ccc(Cl)c4cccnc34)n2)s1. The van der Waals surface area contributed by atoms with Gasteiger partial charge in [0.25, 0.3) is 5.56 Å². The summed E-state index contributed by atoms with van der Waals surface area (Å²) in [6.45, 7) is 2.40. The molecule has 0 aliphatic carbocycles. The molecule has 0 unspecified atom stereocenters. The topological polar surface area (TPSA) is 47.8 Å². The van der Waals surface area contributed by atoms with Gasteiger partial charge in [0.05, 0.1) is 16.9 Å². The normalized spacial score (nSPS) is 11.1. The molecule has 4 nitrogen and oxygen atoms in total. The lowest BCUT2D eigenvalue weighted by molar-refractivity contribution is 0.645. The van der Waals surface area contributed by atoms with E-state index in [0.717, 1.165) is 27.0 Å². The van der Waals surface area contributed by atoms with E-state index in [1.807, 2.05) is 36.4 Å². The monoisotopic (exact) mass is 367 g/mol. The molecule has 0 amide bonds. The lowest BCUT2D eigenvalue weighted by atomic mass is 10.1. The number of halogens is 1. The van der Waals surface area contributed by atoms with E-state index in [1.54, 1.807) is 29.7 Å². The van der Waals surface area contributed by atoms with Crippen molar-refractivity contribution in [2.45, 2.75) is 13.5 Å². The highest BCUT2D eigenvalue weighted by Gasteiger charge is 2.10. The first-order valence-electron chi connectivity index (χ1n) is 7.79. The van der Waals surface area contributed by atoms with E-state index in [2.05, 4.69) is 17.0 Å². The number of thiophene rings is 1. The average molecular weight is 368 g/mol. The van der Waals surface area contributed by atoms with Crippen LogP contribution in [0, 0.1) is 6.92 Å². The van der Waals surface area contributed by atoms with E-state index in [4.69, 9.17) is 11.6 Å². The van der Waals surface area contributed by atoms with Crippen LogP contribution in [-0.4, -0.2) is 14.8 Å². The zero-order valence-electron chi connectivity index (χ0n) is 13.4. The number of aryl methyl sites for hydroxylation is 1. The van der Waals surface area contributed by atoms with E-state index < -0.39 is 0 Å². The van der Waals surface area contributed by atoms with Gasteiger partial charge in [0, 0.05) is 33.1 Å². The van der Waals surface area contributed by atoms with Gasteiger partial charge in [-0.3, -0.25) is 9.78 Å². The van der Waals surface area contributed by atoms with Crippen LogP contribution < -0.4 is 5.56 Å². The van der Waals surface area contributed by atoms with Crippen molar-refractivity contribution in [3.05, 3.63) is 80.5 Å². The van der Waals surface area contributed by atoms with Gasteiger partial charge in [-0.25, -0.2) is 4.68 Å². The first-order chi connectivity index (χ1) is 12.1. The molecule has 0 atom stereocenters. The van der Waals surface area contributed by atoms with Gasteiger partial charge in [-0.15, -0.1) is 11.3 Å². The quantitative estimate of drug-likeness (QED) is 0.534. The highest BCUT2D eigenvalue weighted by atomic mass is 35.5. The number of fused-ring (bicyclic) bond motifs is 1. The highest BCUT2D eigenvalue weighted by Crippen LogP contribution is 2.26. The second-order valence-electron chi connectivity index (χ2n) is 5.73. The molecule has 4 aromatic rings. The Morgan fingerprint density at radius 1 is 1.12 bits per heavy atom. The molecule has 4 rings (SSSR count). The van der Waals surface area contributed by atoms with E-state index in [0.29, 0.717) is 11.6 Å². The van der Waals surface area contributed by atoms with Crippen LogP contribution in [0.3, 0.4) is 0 Å². The number of pyridine rings is 1. The molecule has 0 spiro atoms. The minimum atomic E-state index is -0.143. The molecule has 3 aromatic heterocycles. The van der Waals surface area contributed by atoms with Gasteiger partial charge in [0.1, 0.15) is 5.69 Å². The summed E-state index contributed by atoms with van der Waals surface area (Å²) < 4.78 is 1.47. The molecular formula is C19H14ClN3OS. The van der Waals surface area contributed by atoms with Crippen molar-refractivity contribution in [2.24, 2.45) is 0 Å². The van der Waals surface area contributed by atoms with Crippen molar-refractivity contribution in [3.63, 3.8) is 0 Å². The predicted molar refractivity (Wildman–Crippen MR) is 102 cm³/mol. The third-order valence-corrected chi connectivity index (χ3v) is 5.33. The summed E-state index contributed by atoms with van der Waals surface area (Å²) in [7, 11) is 0. The highest BCUT2D eigenvalue weighted by molar-refractivity contribution is 7.15. The summed E-state index contributed by atoms with van der Waals surface area (Å²) in [5.74, 6) is 0. The molecule has 0 saturated carbocycles. The number of hydrogen-bond donors (Lipinski definition) is 0. The molecule has 0 N–H and O–H groups in total. The molecule has 124 valence electrons. The van der Waals surface area contributed by atoms with Crippen molar-refractivity contribution >= 4 is 33.8 Å². The van der Waals surface area contributed by atoms with E-state index in [9.17, 15) is 4.79 Å². The average Bonchev–Trinajstić information content (AvgIpc) is 3.06. The largest absolute Gasteiger partial charge is 0.268 e. The molecule has 6 heteroatoms. The Hall–Kier alpha value is -2.50. The maximum absolute atomic E-state index is 12.3. The number of nitrogens with zero attached hydrogens (tertiary/aromatic N) is 3. The van der Waals surface area contributed by atoms with Gasteiger partial charge < -0.3 is 0 Å². The Morgan fingerprint density at radius 3 is 2.80 bits per heavy atom. The standard InChI is InChI=1S/C19H14ClN3OS/c1-12-4-8-17(25-12)16-7-9-18(24)23(22-16)11-13-5-6-15(20)14-3-2-10-21-19(13)14/h2-10H,11H2,1H3. The van der Waals surface area contributed by atoms with Crippen LogP contribution in [0.25, 0.3) is 21.5 Å². The van der Waals surface area contributed by atoms with E-state index in [-0.39, 0.29) is 5.56 Å². The molecule has 0 aliphatic rings. The van der Waals surface area contributed by atoms with Gasteiger partial charge in [-0.2, -0.15) is 5.10 Å². The van der Waals surface area contributed by atoms with Crippen molar-refractivity contribution in [1.82, 2.24) is 14.8 Å². The van der Waals surface area contributed by atoms with Crippen molar-refractivity contribution in [1.29, 1.82) is 0 Å². The van der Waals surface area contributed by atoms with Gasteiger partial charge in [-0.1, -0.05) is 17.7 Å². The number of aromatic nitrogens is 3. The fourth-order valence-electron chi connectivity index (χ4n) is 2.75. The van der Waals surface area contributed by atoms with Crippen LogP contribution in [0.4, 0.5) is 0 Å². The molecule has 0 aliphatic heterocycles. The molecule has 3 heterocycles. The Labute approximate surface area is 153 Å². The van der Waals surface area contributed by atoms with Crippen molar-refractivity contribution in [2.75, 3.05) is 0 Å². The number of benzene rings is 1. The molecular weight excluding hydrogens is 354 g/mol. The molecule has 25 heavy (non-hydrogen) atoms. The van der Waals surface area contributed by atoms with Gasteiger partial charge >= 0.3 is 0 Å². The number of rotatable bonds is 3. The predicted octanol–water partition coefficient (Wildman–Crippen LogP) is 4.53. The first kappa shape index (κ1) is 16.0. The first-order valence-corrected chi connectivity index (χ1v) is 8.98.